The molecule has 0 amide bonds. The summed E-state index contributed by atoms with van der Waals surface area (Å²) in [5.74, 6) is -16.1. The molecule has 1 aliphatic rings. The summed E-state index contributed by atoms with van der Waals surface area (Å²) in [7, 11) is 0. The first-order valence-electron chi connectivity index (χ1n) is 7.75. The summed E-state index contributed by atoms with van der Waals surface area (Å²) < 4.78 is 99.2. The number of ether oxygens (including phenoxy) is 2. The van der Waals surface area contributed by atoms with Crippen LogP contribution in [0.25, 0.3) is 0 Å². The molecule has 1 aromatic rings. The molecule has 0 bridgehead atoms. The Morgan fingerprint density at radius 2 is 1.86 bits per heavy atom. The van der Waals surface area contributed by atoms with E-state index in [2.05, 4.69) is 4.74 Å². The van der Waals surface area contributed by atoms with Gasteiger partial charge in [-0.15, -0.1) is 0 Å². The first-order chi connectivity index (χ1) is 13.1. The Balaban J connectivity index is 2.25. The highest BCUT2D eigenvalue weighted by Gasteiger charge is 2.77. The number of aromatic amines is 1. The standard InChI is InChI=1S/C14H13F7N2O6/c1-5-3-23(11(27)22-9(5)25)8-2-6(7(4-24)28-8)29-10(26)12(15,16)13(17,18)14(19,20)21/h3,6-8,24H,2,4H2,1H3,(H,22,25,27)/t6-,7+,8+/m0/s1. The van der Waals surface area contributed by atoms with Crippen molar-refractivity contribution >= 4 is 5.97 Å². The molecule has 1 aromatic heterocycles. The van der Waals surface area contributed by atoms with Crippen LogP contribution >= 0.6 is 0 Å². The molecule has 2 rings (SSSR count). The summed E-state index contributed by atoms with van der Waals surface area (Å²) in [6, 6.07) is 0. The van der Waals surface area contributed by atoms with Gasteiger partial charge in [0.2, 0.25) is 0 Å². The first kappa shape index (κ1) is 22.9. The Hall–Kier alpha value is -2.42. The summed E-state index contributed by atoms with van der Waals surface area (Å²) in [6.45, 7) is 0.289. The van der Waals surface area contributed by atoms with E-state index in [4.69, 9.17) is 4.74 Å². The number of H-pyrrole nitrogens is 1. The quantitative estimate of drug-likeness (QED) is 0.522. The highest BCUT2D eigenvalue weighted by molar-refractivity contribution is 5.79. The van der Waals surface area contributed by atoms with Crippen LogP contribution in [-0.4, -0.2) is 57.5 Å². The number of hydrogen-bond acceptors (Lipinski definition) is 6. The monoisotopic (exact) mass is 438 g/mol. The Morgan fingerprint density at radius 3 is 2.38 bits per heavy atom. The van der Waals surface area contributed by atoms with Gasteiger partial charge in [-0.05, 0) is 6.92 Å². The number of nitrogens with zero attached hydrogens (tertiary/aromatic N) is 1. The van der Waals surface area contributed by atoms with Crippen LogP contribution < -0.4 is 11.2 Å². The minimum atomic E-state index is -6.73. The molecule has 164 valence electrons. The summed E-state index contributed by atoms with van der Waals surface area (Å²) >= 11 is 0. The summed E-state index contributed by atoms with van der Waals surface area (Å²) in [5.41, 5.74) is -1.76. The van der Waals surface area contributed by atoms with Crippen LogP contribution in [-0.2, 0) is 14.3 Å². The Labute approximate surface area is 155 Å². The SMILES string of the molecule is Cc1cn([C@H]2C[C@H](OC(=O)C(F)(F)C(F)(F)C(F)(F)F)[C@@H](CO)O2)c(=O)[nH]c1=O. The molecule has 0 unspecified atom stereocenters. The number of rotatable bonds is 5. The van der Waals surface area contributed by atoms with E-state index >= 15 is 0 Å². The third kappa shape index (κ3) is 4.01. The van der Waals surface area contributed by atoms with Crippen molar-refractivity contribution in [1.82, 2.24) is 9.55 Å². The van der Waals surface area contributed by atoms with Gasteiger partial charge in [-0.2, -0.15) is 30.7 Å². The average molecular weight is 438 g/mol. The van der Waals surface area contributed by atoms with Gasteiger partial charge < -0.3 is 14.6 Å². The number of aliphatic hydroxyl groups is 1. The van der Waals surface area contributed by atoms with Gasteiger partial charge in [0.15, 0.2) is 0 Å². The molecule has 8 nitrogen and oxygen atoms in total. The van der Waals surface area contributed by atoms with E-state index in [1.165, 1.54) is 6.92 Å². The van der Waals surface area contributed by atoms with Crippen molar-refractivity contribution in [2.75, 3.05) is 6.61 Å². The molecular weight excluding hydrogens is 425 g/mol. The minimum absolute atomic E-state index is 0.0190. The lowest BCUT2D eigenvalue weighted by Crippen LogP contribution is -2.57. The normalized spacial score (nSPS) is 23.3. The predicted molar refractivity (Wildman–Crippen MR) is 77.5 cm³/mol. The van der Waals surface area contributed by atoms with Gasteiger partial charge >= 0.3 is 29.7 Å². The Morgan fingerprint density at radius 1 is 1.28 bits per heavy atom. The molecule has 15 heteroatoms. The number of halogens is 7. The number of alkyl halides is 7. The van der Waals surface area contributed by atoms with Gasteiger partial charge in [0.05, 0.1) is 6.61 Å². The van der Waals surface area contributed by atoms with Crippen LogP contribution in [0.4, 0.5) is 30.7 Å². The Bertz CT molecular complexity index is 894. The Kier molecular flexibility index (Phi) is 5.87. The lowest BCUT2D eigenvalue weighted by molar-refractivity contribution is -0.349. The highest BCUT2D eigenvalue weighted by Crippen LogP contribution is 2.47. The van der Waals surface area contributed by atoms with Gasteiger partial charge in [-0.1, -0.05) is 0 Å². The largest absolute Gasteiger partial charge is 0.460 e. The molecule has 0 saturated carbocycles. The highest BCUT2D eigenvalue weighted by atomic mass is 19.4. The number of aryl methyl sites for hydroxylation is 1. The number of aromatic nitrogens is 2. The fourth-order valence-electron chi connectivity index (χ4n) is 2.48. The smallest absolute Gasteiger partial charge is 0.455 e. The van der Waals surface area contributed by atoms with Gasteiger partial charge in [0.1, 0.15) is 18.4 Å². The number of esters is 1. The summed E-state index contributed by atoms with van der Waals surface area (Å²) in [6.07, 6.45) is -11.3. The van der Waals surface area contributed by atoms with Gasteiger partial charge in [0, 0.05) is 18.2 Å². The van der Waals surface area contributed by atoms with Crippen LogP contribution in [0.15, 0.2) is 15.8 Å². The number of hydrogen-bond donors (Lipinski definition) is 2. The molecule has 1 saturated heterocycles. The molecule has 0 spiro atoms. The molecule has 0 aromatic carbocycles. The van der Waals surface area contributed by atoms with E-state index in [-0.39, 0.29) is 5.56 Å². The first-order valence-corrected chi connectivity index (χ1v) is 7.75. The van der Waals surface area contributed by atoms with Crippen molar-refractivity contribution in [2.45, 2.75) is 49.8 Å². The lowest BCUT2D eigenvalue weighted by Gasteiger charge is -2.28. The zero-order valence-electron chi connectivity index (χ0n) is 14.3. The zero-order valence-corrected chi connectivity index (χ0v) is 14.3. The van der Waals surface area contributed by atoms with Crippen molar-refractivity contribution < 1.29 is 50.1 Å². The van der Waals surface area contributed by atoms with Crippen LogP contribution in [0, 0.1) is 6.92 Å². The van der Waals surface area contributed by atoms with Crippen LogP contribution in [0.2, 0.25) is 0 Å². The molecular formula is C14H13F7N2O6. The third-order valence-electron chi connectivity index (χ3n) is 4.08. The summed E-state index contributed by atoms with van der Waals surface area (Å²) in [4.78, 5) is 36.4. The van der Waals surface area contributed by atoms with Crippen LogP contribution in [0.5, 0.6) is 0 Å². The van der Waals surface area contributed by atoms with Gasteiger partial charge in [-0.3, -0.25) is 14.3 Å². The second kappa shape index (κ2) is 7.44. The van der Waals surface area contributed by atoms with Gasteiger partial charge in [0.25, 0.3) is 5.56 Å². The molecule has 0 radical (unpaired) electrons. The molecule has 1 aliphatic heterocycles. The van der Waals surface area contributed by atoms with E-state index in [1.807, 2.05) is 4.98 Å². The van der Waals surface area contributed by atoms with Crippen molar-refractivity contribution in [3.63, 3.8) is 0 Å². The maximum Gasteiger partial charge on any atom is 0.460 e. The van der Waals surface area contributed by atoms with Crippen molar-refractivity contribution in [1.29, 1.82) is 0 Å². The minimum Gasteiger partial charge on any atom is -0.455 e. The maximum absolute atomic E-state index is 13.4. The average Bonchev–Trinajstić information content (AvgIpc) is 2.99. The number of carbonyl (C=O) groups excluding carboxylic acids is 1. The van der Waals surface area contributed by atoms with Crippen molar-refractivity contribution in [2.24, 2.45) is 0 Å². The second-order valence-corrected chi connectivity index (χ2v) is 6.12. The molecule has 2 N–H and O–H groups in total. The van der Waals surface area contributed by atoms with E-state index < -0.39 is 66.7 Å². The number of carbonyl (C=O) groups is 1. The van der Waals surface area contributed by atoms with Crippen molar-refractivity contribution in [3.05, 3.63) is 32.6 Å². The molecule has 2 heterocycles. The van der Waals surface area contributed by atoms with Gasteiger partial charge in [-0.25, -0.2) is 9.59 Å². The maximum atomic E-state index is 13.4. The molecule has 0 aliphatic carbocycles. The van der Waals surface area contributed by atoms with E-state index in [1.54, 1.807) is 0 Å². The fraction of sp³-hybridized carbons (Fsp3) is 0.643. The van der Waals surface area contributed by atoms with E-state index in [9.17, 15) is 50.2 Å². The molecule has 3 atom stereocenters. The fourth-order valence-corrected chi connectivity index (χ4v) is 2.48. The second-order valence-electron chi connectivity index (χ2n) is 6.12. The van der Waals surface area contributed by atoms with Crippen LogP contribution in [0.3, 0.4) is 0 Å². The number of aliphatic hydroxyl groups excluding tert-OH is 1. The summed E-state index contributed by atoms with van der Waals surface area (Å²) in [5, 5.41) is 9.20. The molecule has 1 fully saturated rings. The lowest BCUT2D eigenvalue weighted by atomic mass is 10.1. The van der Waals surface area contributed by atoms with E-state index in [0.717, 1.165) is 10.8 Å². The van der Waals surface area contributed by atoms with Crippen molar-refractivity contribution in [3.8, 4) is 0 Å². The van der Waals surface area contributed by atoms with Crippen LogP contribution in [0.1, 0.15) is 18.2 Å². The topological polar surface area (TPSA) is 111 Å². The zero-order chi connectivity index (χ0) is 22.4. The number of nitrogens with one attached hydrogen (secondary N) is 1. The van der Waals surface area contributed by atoms with E-state index in [0.29, 0.717) is 0 Å². The molecule has 29 heavy (non-hydrogen) atoms. The third-order valence-corrected chi connectivity index (χ3v) is 4.08. The predicted octanol–water partition coefficient (Wildman–Crippen LogP) is 0.870.